The van der Waals surface area contributed by atoms with Gasteiger partial charge >= 0.3 is 6.03 Å². The molecule has 1 N–H and O–H groups in total. The van der Waals surface area contributed by atoms with Crippen molar-refractivity contribution in [3.63, 3.8) is 0 Å². The van der Waals surface area contributed by atoms with Crippen molar-refractivity contribution < 1.29 is 9.53 Å². The summed E-state index contributed by atoms with van der Waals surface area (Å²) < 4.78 is 4.90. The fourth-order valence-electron chi connectivity index (χ4n) is 2.05. The third-order valence-electron chi connectivity index (χ3n) is 3.12. The van der Waals surface area contributed by atoms with Crippen molar-refractivity contribution in [1.29, 1.82) is 0 Å². The molecule has 0 saturated carbocycles. The van der Waals surface area contributed by atoms with Gasteiger partial charge in [-0.05, 0) is 12.1 Å². The number of hydrogen-bond donors (Lipinski definition) is 1. The van der Waals surface area contributed by atoms with Crippen LogP contribution in [0.4, 0.5) is 10.6 Å². The standard InChI is InChI=1S/C13H20N4O2/c1-19-11-6-15-13(18)17-9-7-16(8-10-17)12-4-2-3-5-14-12/h2-5H,6-11H2,1H3,(H,15,18). The lowest BCUT2D eigenvalue weighted by atomic mass is 10.3. The molecule has 1 aliphatic rings. The van der Waals surface area contributed by atoms with Crippen LogP contribution in [0, 0.1) is 0 Å². The number of rotatable bonds is 4. The van der Waals surface area contributed by atoms with Gasteiger partial charge in [0.2, 0.25) is 0 Å². The summed E-state index contributed by atoms with van der Waals surface area (Å²) >= 11 is 0. The number of anilines is 1. The van der Waals surface area contributed by atoms with Crippen molar-refractivity contribution >= 4 is 11.8 Å². The van der Waals surface area contributed by atoms with E-state index in [1.807, 2.05) is 23.1 Å². The van der Waals surface area contributed by atoms with Crippen LogP contribution in [0.25, 0.3) is 0 Å². The molecular formula is C13H20N4O2. The van der Waals surface area contributed by atoms with E-state index in [1.165, 1.54) is 0 Å². The van der Waals surface area contributed by atoms with Crippen LogP contribution in [-0.4, -0.2) is 62.4 Å². The maximum atomic E-state index is 11.8. The third-order valence-corrected chi connectivity index (χ3v) is 3.12. The van der Waals surface area contributed by atoms with Crippen molar-refractivity contribution in [1.82, 2.24) is 15.2 Å². The first-order valence-corrected chi connectivity index (χ1v) is 6.49. The first-order chi connectivity index (χ1) is 9.31. The lowest BCUT2D eigenvalue weighted by molar-refractivity contribution is 0.177. The molecule has 1 aromatic rings. The van der Waals surface area contributed by atoms with Crippen molar-refractivity contribution in [3.05, 3.63) is 24.4 Å². The van der Waals surface area contributed by atoms with Crippen LogP contribution in [0.1, 0.15) is 0 Å². The van der Waals surface area contributed by atoms with E-state index in [2.05, 4.69) is 15.2 Å². The maximum absolute atomic E-state index is 11.8. The first-order valence-electron chi connectivity index (χ1n) is 6.49. The second-order valence-corrected chi connectivity index (χ2v) is 4.39. The molecule has 0 aliphatic carbocycles. The number of urea groups is 1. The van der Waals surface area contributed by atoms with Gasteiger partial charge in [-0.1, -0.05) is 6.07 Å². The highest BCUT2D eigenvalue weighted by atomic mass is 16.5. The van der Waals surface area contributed by atoms with Crippen LogP contribution in [0.3, 0.4) is 0 Å². The SMILES string of the molecule is COCCNC(=O)N1CCN(c2ccccn2)CC1. The summed E-state index contributed by atoms with van der Waals surface area (Å²) in [6.07, 6.45) is 1.79. The van der Waals surface area contributed by atoms with Gasteiger partial charge in [-0.25, -0.2) is 9.78 Å². The van der Waals surface area contributed by atoms with Crippen LogP contribution < -0.4 is 10.2 Å². The van der Waals surface area contributed by atoms with Crippen molar-refractivity contribution in [2.75, 3.05) is 51.3 Å². The van der Waals surface area contributed by atoms with Crippen LogP contribution in [0.2, 0.25) is 0 Å². The van der Waals surface area contributed by atoms with Gasteiger partial charge in [-0.3, -0.25) is 0 Å². The summed E-state index contributed by atoms with van der Waals surface area (Å²) in [5, 5.41) is 2.84. The minimum Gasteiger partial charge on any atom is -0.383 e. The van der Waals surface area contributed by atoms with Gasteiger partial charge in [-0.15, -0.1) is 0 Å². The molecular weight excluding hydrogens is 244 g/mol. The average molecular weight is 264 g/mol. The number of carbonyl (C=O) groups is 1. The summed E-state index contributed by atoms with van der Waals surface area (Å²) in [6, 6.07) is 5.86. The number of carbonyl (C=O) groups excluding carboxylic acids is 1. The molecule has 0 bridgehead atoms. The minimum atomic E-state index is -0.0160. The molecule has 0 atom stereocenters. The molecule has 0 spiro atoms. The zero-order valence-electron chi connectivity index (χ0n) is 11.2. The van der Waals surface area contributed by atoms with Gasteiger partial charge < -0.3 is 19.9 Å². The molecule has 1 fully saturated rings. The summed E-state index contributed by atoms with van der Waals surface area (Å²) in [5.74, 6) is 0.974. The Balaban J connectivity index is 1.77. The zero-order valence-corrected chi connectivity index (χ0v) is 11.2. The number of nitrogens with one attached hydrogen (secondary N) is 1. The normalized spacial score (nSPS) is 15.4. The number of piperazine rings is 1. The summed E-state index contributed by atoms with van der Waals surface area (Å²) in [5.41, 5.74) is 0. The molecule has 6 nitrogen and oxygen atoms in total. The summed E-state index contributed by atoms with van der Waals surface area (Å²) in [6.45, 7) is 4.16. The van der Waals surface area contributed by atoms with Crippen LogP contribution in [0.15, 0.2) is 24.4 Å². The van der Waals surface area contributed by atoms with Crippen molar-refractivity contribution in [2.45, 2.75) is 0 Å². The third kappa shape index (κ3) is 3.82. The number of ether oxygens (including phenoxy) is 1. The topological polar surface area (TPSA) is 57.7 Å². The number of methoxy groups -OCH3 is 1. The van der Waals surface area contributed by atoms with E-state index >= 15 is 0 Å². The van der Waals surface area contributed by atoms with E-state index in [4.69, 9.17) is 4.74 Å². The van der Waals surface area contributed by atoms with Gasteiger partial charge in [0.25, 0.3) is 0 Å². The Morgan fingerprint density at radius 3 is 2.79 bits per heavy atom. The molecule has 0 unspecified atom stereocenters. The average Bonchev–Trinajstić information content (AvgIpc) is 2.48. The lowest BCUT2D eigenvalue weighted by Crippen LogP contribution is -2.52. The highest BCUT2D eigenvalue weighted by Crippen LogP contribution is 2.12. The van der Waals surface area contributed by atoms with E-state index < -0.39 is 0 Å². The maximum Gasteiger partial charge on any atom is 0.317 e. The first kappa shape index (κ1) is 13.6. The fraction of sp³-hybridized carbons (Fsp3) is 0.538. The van der Waals surface area contributed by atoms with E-state index in [0.29, 0.717) is 13.2 Å². The molecule has 1 aromatic heterocycles. The molecule has 0 radical (unpaired) electrons. The number of nitrogens with zero attached hydrogens (tertiary/aromatic N) is 3. The van der Waals surface area contributed by atoms with Crippen LogP contribution in [0.5, 0.6) is 0 Å². The molecule has 2 amide bonds. The Labute approximate surface area is 113 Å². The molecule has 0 aromatic carbocycles. The Bertz CT molecular complexity index is 391. The largest absolute Gasteiger partial charge is 0.383 e. The fourth-order valence-corrected chi connectivity index (χ4v) is 2.05. The Hall–Kier alpha value is -1.82. The van der Waals surface area contributed by atoms with Gasteiger partial charge in [0.05, 0.1) is 6.61 Å². The second kappa shape index (κ2) is 6.94. The predicted octanol–water partition coefficient (Wildman–Crippen LogP) is 0.560. The second-order valence-electron chi connectivity index (χ2n) is 4.39. The van der Waals surface area contributed by atoms with Gasteiger partial charge in [0.15, 0.2) is 0 Å². The summed E-state index contributed by atoms with van der Waals surface area (Å²) in [7, 11) is 1.62. The van der Waals surface area contributed by atoms with Gasteiger partial charge in [0.1, 0.15) is 5.82 Å². The van der Waals surface area contributed by atoms with E-state index in [-0.39, 0.29) is 6.03 Å². The number of pyridine rings is 1. The molecule has 1 saturated heterocycles. The minimum absolute atomic E-state index is 0.0160. The number of amides is 2. The number of aromatic nitrogens is 1. The molecule has 19 heavy (non-hydrogen) atoms. The Morgan fingerprint density at radius 1 is 1.37 bits per heavy atom. The Kier molecular flexibility index (Phi) is 4.97. The lowest BCUT2D eigenvalue weighted by Gasteiger charge is -2.35. The van der Waals surface area contributed by atoms with Crippen molar-refractivity contribution in [3.8, 4) is 0 Å². The van der Waals surface area contributed by atoms with E-state index in [9.17, 15) is 4.79 Å². The van der Waals surface area contributed by atoms with E-state index in [1.54, 1.807) is 13.3 Å². The zero-order chi connectivity index (χ0) is 13.5. The Morgan fingerprint density at radius 2 is 2.16 bits per heavy atom. The molecule has 2 rings (SSSR count). The highest BCUT2D eigenvalue weighted by molar-refractivity contribution is 5.74. The predicted molar refractivity (Wildman–Crippen MR) is 73.3 cm³/mol. The van der Waals surface area contributed by atoms with Crippen LogP contribution in [-0.2, 0) is 4.74 Å². The summed E-state index contributed by atoms with van der Waals surface area (Å²) in [4.78, 5) is 20.2. The molecule has 104 valence electrons. The van der Waals surface area contributed by atoms with Crippen LogP contribution >= 0.6 is 0 Å². The van der Waals surface area contributed by atoms with Gasteiger partial charge in [0, 0.05) is 46.0 Å². The monoisotopic (exact) mass is 264 g/mol. The van der Waals surface area contributed by atoms with Crippen molar-refractivity contribution in [2.24, 2.45) is 0 Å². The molecule has 1 aliphatic heterocycles. The number of hydrogen-bond acceptors (Lipinski definition) is 4. The highest BCUT2D eigenvalue weighted by Gasteiger charge is 2.21. The quantitative estimate of drug-likeness (QED) is 0.807. The molecule has 6 heteroatoms. The smallest absolute Gasteiger partial charge is 0.317 e. The van der Waals surface area contributed by atoms with E-state index in [0.717, 1.165) is 32.0 Å². The van der Waals surface area contributed by atoms with Gasteiger partial charge in [-0.2, -0.15) is 0 Å². The molecule has 2 heterocycles.